The van der Waals surface area contributed by atoms with Gasteiger partial charge in [0.1, 0.15) is 5.52 Å². The Hall–Kier alpha value is -1.65. The Morgan fingerprint density at radius 1 is 1.54 bits per heavy atom. The molecular weight excluding hydrogens is 180 g/mol. The fourth-order valence-corrected chi connectivity index (χ4v) is 1.11. The number of nitrogens with one attached hydrogen (secondary N) is 1. The van der Waals surface area contributed by atoms with Crippen LogP contribution in [0, 0.1) is 11.8 Å². The van der Waals surface area contributed by atoms with Crippen LogP contribution in [0.2, 0.25) is 0 Å². The van der Waals surface area contributed by atoms with E-state index in [0.29, 0.717) is 0 Å². The molecule has 3 nitrogen and oxygen atoms in total. The molecule has 5 heteroatoms. The summed E-state index contributed by atoms with van der Waals surface area (Å²) >= 11 is 0. The Labute approximate surface area is 71.3 Å². The first-order valence-corrected chi connectivity index (χ1v) is 3.57. The maximum atomic E-state index is 12.8. The Morgan fingerprint density at radius 2 is 2.23 bits per heavy atom. The minimum absolute atomic E-state index is 0.0141. The molecular formula is C8H5F2NO2. The molecule has 0 unspecified atom stereocenters. The number of ketones is 1. The summed E-state index contributed by atoms with van der Waals surface area (Å²) in [6.45, 7) is 1.32. The average molecular weight is 185 g/mol. The van der Waals surface area contributed by atoms with E-state index < -0.39 is 11.8 Å². The Morgan fingerprint density at radius 3 is 2.77 bits per heavy atom. The third-order valence-corrected chi connectivity index (χ3v) is 1.75. The molecule has 0 aromatic carbocycles. The van der Waals surface area contributed by atoms with Crippen LogP contribution in [0.3, 0.4) is 0 Å². The highest BCUT2D eigenvalue weighted by Gasteiger charge is 2.17. The molecule has 2 aromatic rings. The first-order chi connectivity index (χ1) is 6.09. The molecule has 0 spiro atoms. The van der Waals surface area contributed by atoms with Crippen LogP contribution >= 0.6 is 0 Å². The van der Waals surface area contributed by atoms with Gasteiger partial charge in [0.05, 0.1) is 5.69 Å². The average Bonchev–Trinajstić information content (AvgIpc) is 2.55. The molecule has 0 saturated heterocycles. The lowest BCUT2D eigenvalue weighted by Gasteiger charge is -1.85. The second-order valence-corrected chi connectivity index (χ2v) is 2.67. The number of Topliss-reactive ketones (excluding diaryl/α,β-unsaturated/α-hetero) is 1. The van der Waals surface area contributed by atoms with Gasteiger partial charge in [0.2, 0.25) is 5.82 Å². The molecule has 0 radical (unpaired) electrons. The monoisotopic (exact) mass is 185 g/mol. The van der Waals surface area contributed by atoms with Crippen molar-refractivity contribution in [1.82, 2.24) is 4.98 Å². The number of carbonyl (C=O) groups is 1. The standard InChI is InChI=1S/C8H5F2NO2/c1-3(12)4-2-5-7(11-4)6(9)8(10)13-5/h2,11H,1H3. The van der Waals surface area contributed by atoms with E-state index >= 15 is 0 Å². The second-order valence-electron chi connectivity index (χ2n) is 2.67. The lowest BCUT2D eigenvalue weighted by atomic mass is 10.3. The van der Waals surface area contributed by atoms with Crippen LogP contribution in [0.25, 0.3) is 11.1 Å². The lowest BCUT2D eigenvalue weighted by Crippen LogP contribution is -1.90. The number of aromatic nitrogens is 1. The molecule has 2 rings (SSSR count). The highest BCUT2D eigenvalue weighted by Crippen LogP contribution is 2.23. The van der Waals surface area contributed by atoms with Crippen LogP contribution in [0.15, 0.2) is 10.5 Å². The van der Waals surface area contributed by atoms with E-state index in [9.17, 15) is 13.6 Å². The van der Waals surface area contributed by atoms with E-state index in [2.05, 4.69) is 9.40 Å². The fraction of sp³-hybridized carbons (Fsp3) is 0.125. The maximum absolute atomic E-state index is 12.8. The van der Waals surface area contributed by atoms with Crippen molar-refractivity contribution in [3.05, 3.63) is 23.6 Å². The van der Waals surface area contributed by atoms with Crippen molar-refractivity contribution in [3.8, 4) is 0 Å². The predicted molar refractivity (Wildman–Crippen MR) is 40.5 cm³/mol. The Kier molecular flexibility index (Phi) is 1.48. The van der Waals surface area contributed by atoms with Crippen molar-refractivity contribution in [2.75, 3.05) is 0 Å². The number of aromatic amines is 1. The van der Waals surface area contributed by atoms with E-state index in [1.807, 2.05) is 0 Å². The van der Waals surface area contributed by atoms with Crippen LogP contribution in [0.4, 0.5) is 8.78 Å². The molecule has 0 aliphatic carbocycles. The largest absolute Gasteiger partial charge is 0.427 e. The van der Waals surface area contributed by atoms with Crippen molar-refractivity contribution >= 4 is 16.9 Å². The number of rotatable bonds is 1. The van der Waals surface area contributed by atoms with Crippen molar-refractivity contribution in [2.45, 2.75) is 6.92 Å². The third kappa shape index (κ3) is 1.04. The molecule has 0 atom stereocenters. The number of carbonyl (C=O) groups excluding carboxylic acids is 1. The number of H-pyrrole nitrogens is 1. The molecule has 0 fully saturated rings. The highest BCUT2D eigenvalue weighted by molar-refractivity contribution is 5.96. The highest BCUT2D eigenvalue weighted by atomic mass is 19.2. The van der Waals surface area contributed by atoms with Crippen LogP contribution in [0.1, 0.15) is 17.4 Å². The zero-order valence-corrected chi connectivity index (χ0v) is 6.65. The first-order valence-electron chi connectivity index (χ1n) is 3.57. The van der Waals surface area contributed by atoms with Gasteiger partial charge in [0, 0.05) is 13.0 Å². The number of hydrogen-bond donors (Lipinski definition) is 1. The summed E-state index contributed by atoms with van der Waals surface area (Å²) in [5, 5.41) is 0. The van der Waals surface area contributed by atoms with Gasteiger partial charge in [0.25, 0.3) is 0 Å². The molecule has 13 heavy (non-hydrogen) atoms. The Bertz CT molecular complexity index is 484. The van der Waals surface area contributed by atoms with Crippen LogP contribution < -0.4 is 0 Å². The fourth-order valence-electron chi connectivity index (χ4n) is 1.11. The van der Waals surface area contributed by atoms with Crippen molar-refractivity contribution in [3.63, 3.8) is 0 Å². The summed E-state index contributed by atoms with van der Waals surface area (Å²) in [4.78, 5) is 13.2. The van der Waals surface area contributed by atoms with Crippen molar-refractivity contribution in [2.24, 2.45) is 0 Å². The number of halogens is 2. The number of fused-ring (bicyclic) bond motifs is 1. The topological polar surface area (TPSA) is 46.0 Å². The normalized spacial score (nSPS) is 11.0. The summed E-state index contributed by atoms with van der Waals surface area (Å²) < 4.78 is 29.7. The quantitative estimate of drug-likeness (QED) is 0.692. The van der Waals surface area contributed by atoms with Crippen molar-refractivity contribution < 1.29 is 18.0 Å². The molecule has 2 aromatic heterocycles. The number of hydrogen-bond acceptors (Lipinski definition) is 2. The molecule has 0 saturated carbocycles. The minimum Gasteiger partial charge on any atom is -0.427 e. The van der Waals surface area contributed by atoms with E-state index in [0.717, 1.165) is 0 Å². The smallest absolute Gasteiger partial charge is 0.317 e. The van der Waals surface area contributed by atoms with Crippen LogP contribution in [0.5, 0.6) is 0 Å². The van der Waals surface area contributed by atoms with Gasteiger partial charge in [-0.15, -0.1) is 0 Å². The minimum atomic E-state index is -1.27. The second kappa shape index (κ2) is 2.42. The van der Waals surface area contributed by atoms with Crippen LogP contribution in [-0.4, -0.2) is 10.8 Å². The molecule has 0 amide bonds. The molecule has 2 heterocycles. The van der Waals surface area contributed by atoms with Gasteiger partial charge in [-0.25, -0.2) is 0 Å². The van der Waals surface area contributed by atoms with Gasteiger partial charge in [-0.3, -0.25) is 4.79 Å². The third-order valence-electron chi connectivity index (χ3n) is 1.75. The SMILES string of the molecule is CC(=O)c1cc2oc(F)c(F)c2[nH]1. The molecule has 1 N–H and O–H groups in total. The van der Waals surface area contributed by atoms with Gasteiger partial charge in [-0.1, -0.05) is 0 Å². The van der Waals surface area contributed by atoms with E-state index in [-0.39, 0.29) is 22.6 Å². The van der Waals surface area contributed by atoms with Crippen LogP contribution in [-0.2, 0) is 0 Å². The summed E-state index contributed by atoms with van der Waals surface area (Å²) in [6.07, 6.45) is 0. The number of furan rings is 1. The molecule has 68 valence electrons. The molecule has 0 aliphatic heterocycles. The van der Waals surface area contributed by atoms with E-state index in [1.54, 1.807) is 0 Å². The van der Waals surface area contributed by atoms with Crippen molar-refractivity contribution in [1.29, 1.82) is 0 Å². The summed E-state index contributed by atoms with van der Waals surface area (Å²) in [7, 11) is 0. The van der Waals surface area contributed by atoms with E-state index in [4.69, 9.17) is 0 Å². The van der Waals surface area contributed by atoms with Gasteiger partial charge >= 0.3 is 6.01 Å². The maximum Gasteiger partial charge on any atom is 0.317 e. The summed E-state index contributed by atoms with van der Waals surface area (Å²) in [5.74, 6) is -1.35. The predicted octanol–water partition coefficient (Wildman–Crippen LogP) is 2.24. The molecule has 0 bridgehead atoms. The van der Waals surface area contributed by atoms with E-state index in [1.165, 1.54) is 13.0 Å². The van der Waals surface area contributed by atoms with Gasteiger partial charge in [0.15, 0.2) is 11.4 Å². The summed E-state index contributed by atoms with van der Waals surface area (Å²) in [6, 6.07) is 0.000419. The summed E-state index contributed by atoms with van der Waals surface area (Å²) in [5.41, 5.74) is 0.107. The zero-order valence-electron chi connectivity index (χ0n) is 6.65. The van der Waals surface area contributed by atoms with Gasteiger partial charge < -0.3 is 9.40 Å². The van der Waals surface area contributed by atoms with Gasteiger partial charge in [-0.05, 0) is 0 Å². The zero-order chi connectivity index (χ0) is 9.59. The Balaban J connectivity index is 2.72. The molecule has 0 aliphatic rings. The lowest BCUT2D eigenvalue weighted by molar-refractivity contribution is 0.101. The van der Waals surface area contributed by atoms with Gasteiger partial charge in [-0.2, -0.15) is 8.78 Å². The first kappa shape index (κ1) is 7.97.